The lowest BCUT2D eigenvalue weighted by molar-refractivity contribution is -0.0160. The lowest BCUT2D eigenvalue weighted by Gasteiger charge is -2.35. The molecule has 3 heteroatoms. The molecule has 0 radical (unpaired) electrons. The van der Waals surface area contributed by atoms with Crippen molar-refractivity contribution in [3.8, 4) is 0 Å². The van der Waals surface area contributed by atoms with E-state index in [0.29, 0.717) is 18.3 Å². The van der Waals surface area contributed by atoms with E-state index in [1.807, 2.05) is 0 Å². The fourth-order valence-corrected chi connectivity index (χ4v) is 3.75. The number of hydrogen-bond acceptors (Lipinski definition) is 3. The molecule has 2 saturated heterocycles. The summed E-state index contributed by atoms with van der Waals surface area (Å²) in [7, 11) is 0. The van der Waals surface area contributed by atoms with Gasteiger partial charge in [-0.05, 0) is 51.4 Å². The first kappa shape index (κ1) is 11.9. The molecule has 0 aromatic heterocycles. The molecule has 17 heavy (non-hydrogen) atoms. The molecule has 1 aliphatic carbocycles. The summed E-state index contributed by atoms with van der Waals surface area (Å²) in [6.45, 7) is 3.85. The van der Waals surface area contributed by atoms with Gasteiger partial charge in [0.25, 0.3) is 0 Å². The van der Waals surface area contributed by atoms with Crippen LogP contribution in [0.25, 0.3) is 0 Å². The summed E-state index contributed by atoms with van der Waals surface area (Å²) in [5, 5.41) is 0. The third-order valence-corrected chi connectivity index (χ3v) is 4.91. The van der Waals surface area contributed by atoms with Gasteiger partial charge in [-0.2, -0.15) is 0 Å². The van der Waals surface area contributed by atoms with Crippen LogP contribution in [0.4, 0.5) is 0 Å². The van der Waals surface area contributed by atoms with Crippen molar-refractivity contribution in [1.29, 1.82) is 0 Å². The van der Waals surface area contributed by atoms with Crippen molar-refractivity contribution in [2.45, 2.75) is 63.8 Å². The van der Waals surface area contributed by atoms with Gasteiger partial charge in [-0.3, -0.25) is 0 Å². The molecule has 4 atom stereocenters. The van der Waals surface area contributed by atoms with Crippen molar-refractivity contribution >= 4 is 0 Å². The van der Waals surface area contributed by atoms with Crippen LogP contribution >= 0.6 is 0 Å². The Balaban J connectivity index is 1.67. The number of hydrogen-bond donors (Lipinski definition) is 1. The Morgan fingerprint density at radius 3 is 2.65 bits per heavy atom. The highest BCUT2D eigenvalue weighted by Gasteiger charge is 2.51. The van der Waals surface area contributed by atoms with E-state index in [1.165, 1.54) is 25.7 Å². The minimum Gasteiger partial charge on any atom is -0.377 e. The predicted molar refractivity (Wildman–Crippen MR) is 66.8 cm³/mol. The maximum atomic E-state index is 6.10. The number of ether oxygens (including phenoxy) is 2. The zero-order valence-electron chi connectivity index (χ0n) is 10.9. The predicted octanol–water partition coefficient (Wildman–Crippen LogP) is 2.09. The monoisotopic (exact) mass is 239 g/mol. The van der Waals surface area contributed by atoms with Crippen molar-refractivity contribution in [3.05, 3.63) is 0 Å². The molecule has 0 spiro atoms. The highest BCUT2D eigenvalue weighted by Crippen LogP contribution is 2.50. The fraction of sp³-hybridized carbons (Fsp3) is 1.00. The summed E-state index contributed by atoms with van der Waals surface area (Å²) < 4.78 is 12.0. The average molecular weight is 239 g/mol. The van der Waals surface area contributed by atoms with Crippen molar-refractivity contribution in [1.82, 2.24) is 0 Å². The quantitative estimate of drug-likeness (QED) is 0.817. The van der Waals surface area contributed by atoms with Gasteiger partial charge in [0.15, 0.2) is 0 Å². The maximum absolute atomic E-state index is 6.10. The topological polar surface area (TPSA) is 44.5 Å². The lowest BCUT2D eigenvalue weighted by atomic mass is 9.74. The molecule has 2 aliphatic heterocycles. The molecular formula is C14H25NO2. The lowest BCUT2D eigenvalue weighted by Crippen LogP contribution is -2.42. The smallest absolute Gasteiger partial charge is 0.0673 e. The maximum Gasteiger partial charge on any atom is 0.0673 e. The molecular weight excluding hydrogens is 214 g/mol. The van der Waals surface area contributed by atoms with Crippen LogP contribution in [-0.4, -0.2) is 31.5 Å². The van der Waals surface area contributed by atoms with Crippen LogP contribution < -0.4 is 5.73 Å². The number of rotatable bonds is 4. The summed E-state index contributed by atoms with van der Waals surface area (Å²) in [5.41, 5.74) is 6.32. The first-order chi connectivity index (χ1) is 8.23. The van der Waals surface area contributed by atoms with Gasteiger partial charge in [-0.25, -0.2) is 0 Å². The summed E-state index contributed by atoms with van der Waals surface area (Å²) >= 11 is 0. The van der Waals surface area contributed by atoms with E-state index in [1.54, 1.807) is 0 Å². The van der Waals surface area contributed by atoms with Gasteiger partial charge in [0, 0.05) is 18.6 Å². The van der Waals surface area contributed by atoms with Crippen LogP contribution in [0.15, 0.2) is 0 Å². The Kier molecular flexibility index (Phi) is 3.18. The fourth-order valence-electron chi connectivity index (χ4n) is 3.75. The van der Waals surface area contributed by atoms with Gasteiger partial charge in [-0.15, -0.1) is 0 Å². The second-order valence-corrected chi connectivity index (χ2v) is 6.30. The van der Waals surface area contributed by atoms with E-state index in [-0.39, 0.29) is 5.41 Å². The van der Waals surface area contributed by atoms with Crippen molar-refractivity contribution in [2.24, 2.45) is 17.1 Å². The van der Waals surface area contributed by atoms with Gasteiger partial charge in [0.05, 0.1) is 18.3 Å². The summed E-state index contributed by atoms with van der Waals surface area (Å²) in [4.78, 5) is 0. The minimum atomic E-state index is 0.218. The zero-order valence-corrected chi connectivity index (χ0v) is 10.9. The highest BCUT2D eigenvalue weighted by molar-refractivity contribution is 5.01. The molecule has 0 aromatic carbocycles. The van der Waals surface area contributed by atoms with E-state index in [9.17, 15) is 0 Å². The molecule has 3 fully saturated rings. The second-order valence-electron chi connectivity index (χ2n) is 6.30. The van der Waals surface area contributed by atoms with E-state index in [2.05, 4.69) is 6.92 Å². The molecule has 98 valence electrons. The minimum absolute atomic E-state index is 0.218. The average Bonchev–Trinajstić information content (AvgIpc) is 2.96. The standard InChI is InChI=1S/C14H25NO2/c1-10-2-5-12(17-10)8-14(9-15)6-7-16-13(14)11-3-4-11/h10-13H,2-9,15H2,1H3. The van der Waals surface area contributed by atoms with Gasteiger partial charge < -0.3 is 15.2 Å². The van der Waals surface area contributed by atoms with E-state index in [0.717, 1.165) is 31.9 Å². The molecule has 0 bridgehead atoms. The van der Waals surface area contributed by atoms with Crippen LogP contribution in [0, 0.1) is 11.3 Å². The van der Waals surface area contributed by atoms with Crippen molar-refractivity contribution in [3.63, 3.8) is 0 Å². The molecule has 4 unspecified atom stereocenters. The normalized spacial score (nSPS) is 46.6. The van der Waals surface area contributed by atoms with Gasteiger partial charge >= 0.3 is 0 Å². The molecule has 2 heterocycles. The molecule has 3 rings (SSSR count). The van der Waals surface area contributed by atoms with Gasteiger partial charge in [-0.1, -0.05) is 0 Å². The van der Waals surface area contributed by atoms with Gasteiger partial charge in [0.2, 0.25) is 0 Å². The van der Waals surface area contributed by atoms with Crippen LogP contribution in [0.1, 0.15) is 45.4 Å². The Morgan fingerprint density at radius 2 is 2.06 bits per heavy atom. The zero-order chi connectivity index (χ0) is 11.9. The first-order valence-electron chi connectivity index (χ1n) is 7.21. The second kappa shape index (κ2) is 4.52. The molecule has 2 N–H and O–H groups in total. The van der Waals surface area contributed by atoms with E-state index < -0.39 is 0 Å². The van der Waals surface area contributed by atoms with Gasteiger partial charge in [0.1, 0.15) is 0 Å². The third-order valence-electron chi connectivity index (χ3n) is 4.91. The highest BCUT2D eigenvalue weighted by atomic mass is 16.5. The van der Waals surface area contributed by atoms with Crippen LogP contribution in [0.3, 0.4) is 0 Å². The molecule has 0 aromatic rings. The SMILES string of the molecule is CC1CCC(CC2(CN)CCOC2C2CC2)O1. The van der Waals surface area contributed by atoms with Crippen molar-refractivity contribution < 1.29 is 9.47 Å². The molecule has 3 aliphatic rings. The Morgan fingerprint density at radius 1 is 1.24 bits per heavy atom. The number of nitrogens with two attached hydrogens (primary N) is 1. The van der Waals surface area contributed by atoms with Crippen LogP contribution in [-0.2, 0) is 9.47 Å². The van der Waals surface area contributed by atoms with E-state index in [4.69, 9.17) is 15.2 Å². The van der Waals surface area contributed by atoms with E-state index >= 15 is 0 Å². The first-order valence-corrected chi connectivity index (χ1v) is 7.21. The van der Waals surface area contributed by atoms with Crippen molar-refractivity contribution in [2.75, 3.05) is 13.2 Å². The molecule has 3 nitrogen and oxygen atoms in total. The third kappa shape index (κ3) is 2.25. The Hall–Kier alpha value is -0.120. The molecule has 0 amide bonds. The summed E-state index contributed by atoms with van der Waals surface area (Å²) in [6, 6.07) is 0. The summed E-state index contributed by atoms with van der Waals surface area (Å²) in [6.07, 6.45) is 8.65. The van der Waals surface area contributed by atoms with Crippen LogP contribution in [0.5, 0.6) is 0 Å². The van der Waals surface area contributed by atoms with Crippen LogP contribution in [0.2, 0.25) is 0 Å². The molecule has 1 saturated carbocycles. The largest absolute Gasteiger partial charge is 0.377 e. The Labute approximate surface area is 104 Å². The Bertz CT molecular complexity index is 279. The summed E-state index contributed by atoms with van der Waals surface area (Å²) in [5.74, 6) is 0.792.